The maximum Gasteiger partial charge on any atom is 0.227 e. The summed E-state index contributed by atoms with van der Waals surface area (Å²) in [6.45, 7) is 6.38. The Bertz CT molecular complexity index is 471. The van der Waals surface area contributed by atoms with E-state index in [0.717, 1.165) is 19.5 Å². The number of nitrogens with two attached hydrogens (primary N) is 1. The van der Waals surface area contributed by atoms with Crippen LogP contribution in [0.5, 0.6) is 0 Å². The number of hydrogen-bond acceptors (Lipinski definition) is 3. The van der Waals surface area contributed by atoms with Gasteiger partial charge in [0.05, 0.1) is 5.41 Å². The Labute approximate surface area is 121 Å². The minimum Gasteiger partial charge on any atom is -0.359 e. The summed E-state index contributed by atoms with van der Waals surface area (Å²) in [5.41, 5.74) is 8.17. The number of amides is 1. The summed E-state index contributed by atoms with van der Waals surface area (Å²) in [7, 11) is 1.70. The molecule has 0 radical (unpaired) electrons. The molecule has 0 spiro atoms. The SMILES string of the molecule is CNC(=O)C1(C)CCN(C(CN)c2ccc(C)cc2)C1. The Morgan fingerprint density at radius 2 is 2.10 bits per heavy atom. The minimum atomic E-state index is -0.299. The van der Waals surface area contributed by atoms with Gasteiger partial charge in [0.1, 0.15) is 0 Å². The Hall–Kier alpha value is -1.39. The molecule has 4 nitrogen and oxygen atoms in total. The summed E-state index contributed by atoms with van der Waals surface area (Å²) in [5.74, 6) is 0.125. The van der Waals surface area contributed by atoms with E-state index < -0.39 is 0 Å². The fourth-order valence-corrected chi connectivity index (χ4v) is 3.03. The van der Waals surface area contributed by atoms with Crippen LogP contribution in [0.3, 0.4) is 0 Å². The van der Waals surface area contributed by atoms with Gasteiger partial charge in [-0.25, -0.2) is 0 Å². The first-order valence-corrected chi connectivity index (χ1v) is 7.23. The van der Waals surface area contributed by atoms with Crippen LogP contribution in [0.25, 0.3) is 0 Å². The smallest absolute Gasteiger partial charge is 0.227 e. The molecule has 3 N–H and O–H groups in total. The maximum atomic E-state index is 12.0. The third kappa shape index (κ3) is 2.86. The Balaban J connectivity index is 2.14. The highest BCUT2D eigenvalue weighted by atomic mass is 16.2. The lowest BCUT2D eigenvalue weighted by Crippen LogP contribution is -2.40. The number of nitrogens with one attached hydrogen (secondary N) is 1. The highest BCUT2D eigenvalue weighted by Gasteiger charge is 2.41. The highest BCUT2D eigenvalue weighted by molar-refractivity contribution is 5.82. The first kappa shape index (κ1) is 15.0. The molecule has 0 bridgehead atoms. The van der Waals surface area contributed by atoms with E-state index in [1.165, 1.54) is 11.1 Å². The largest absolute Gasteiger partial charge is 0.359 e. The number of aryl methyl sites for hydroxylation is 1. The Kier molecular flexibility index (Phi) is 4.45. The second-order valence-electron chi connectivity index (χ2n) is 6.02. The number of likely N-dealkylation sites (tertiary alicyclic amines) is 1. The second kappa shape index (κ2) is 5.94. The summed E-state index contributed by atoms with van der Waals surface area (Å²) in [4.78, 5) is 14.3. The van der Waals surface area contributed by atoms with E-state index >= 15 is 0 Å². The quantitative estimate of drug-likeness (QED) is 0.874. The van der Waals surface area contributed by atoms with Gasteiger partial charge >= 0.3 is 0 Å². The van der Waals surface area contributed by atoms with Crippen molar-refractivity contribution in [3.63, 3.8) is 0 Å². The van der Waals surface area contributed by atoms with Crippen LogP contribution in [0, 0.1) is 12.3 Å². The number of carbonyl (C=O) groups is 1. The fourth-order valence-electron chi connectivity index (χ4n) is 3.03. The third-order valence-electron chi connectivity index (χ3n) is 4.40. The number of carbonyl (C=O) groups excluding carboxylic acids is 1. The second-order valence-corrected chi connectivity index (χ2v) is 6.02. The third-order valence-corrected chi connectivity index (χ3v) is 4.40. The molecule has 2 atom stereocenters. The van der Waals surface area contributed by atoms with Crippen molar-refractivity contribution in [3.05, 3.63) is 35.4 Å². The van der Waals surface area contributed by atoms with Gasteiger partial charge in [0.15, 0.2) is 0 Å². The monoisotopic (exact) mass is 275 g/mol. The molecule has 4 heteroatoms. The molecule has 0 aliphatic carbocycles. The van der Waals surface area contributed by atoms with Gasteiger partial charge in [0, 0.05) is 26.2 Å². The maximum absolute atomic E-state index is 12.0. The molecule has 1 amide bonds. The molecule has 0 saturated carbocycles. The first-order valence-electron chi connectivity index (χ1n) is 7.23. The molecule has 20 heavy (non-hydrogen) atoms. The van der Waals surface area contributed by atoms with Gasteiger partial charge in [-0.3, -0.25) is 9.69 Å². The normalized spacial score (nSPS) is 24.6. The van der Waals surface area contributed by atoms with Crippen molar-refractivity contribution in [2.45, 2.75) is 26.3 Å². The van der Waals surface area contributed by atoms with Gasteiger partial charge < -0.3 is 11.1 Å². The topological polar surface area (TPSA) is 58.4 Å². The predicted molar refractivity (Wildman–Crippen MR) is 81.3 cm³/mol. The van der Waals surface area contributed by atoms with E-state index in [2.05, 4.69) is 41.4 Å². The summed E-state index contributed by atoms with van der Waals surface area (Å²) >= 11 is 0. The Morgan fingerprint density at radius 1 is 1.45 bits per heavy atom. The van der Waals surface area contributed by atoms with Crippen LogP contribution in [0.1, 0.15) is 30.5 Å². The summed E-state index contributed by atoms with van der Waals surface area (Å²) in [6, 6.07) is 8.71. The standard InChI is InChI=1S/C16H25N3O/c1-12-4-6-13(7-5-12)14(10-17)19-9-8-16(2,11-19)15(20)18-3/h4-7,14H,8-11,17H2,1-3H3,(H,18,20). The lowest BCUT2D eigenvalue weighted by Gasteiger charge is -2.29. The van der Waals surface area contributed by atoms with Gasteiger partial charge in [-0.2, -0.15) is 0 Å². The van der Waals surface area contributed by atoms with Crippen LogP contribution in [-0.4, -0.2) is 37.5 Å². The van der Waals surface area contributed by atoms with Crippen LogP contribution >= 0.6 is 0 Å². The van der Waals surface area contributed by atoms with Crippen LogP contribution in [0.15, 0.2) is 24.3 Å². The Morgan fingerprint density at radius 3 is 2.65 bits per heavy atom. The van der Waals surface area contributed by atoms with Crippen LogP contribution in [0.4, 0.5) is 0 Å². The zero-order valence-corrected chi connectivity index (χ0v) is 12.6. The van der Waals surface area contributed by atoms with Crippen molar-refractivity contribution in [2.75, 3.05) is 26.7 Å². The highest BCUT2D eigenvalue weighted by Crippen LogP contribution is 2.35. The molecular weight excluding hydrogens is 250 g/mol. The molecular formula is C16H25N3O. The summed E-state index contributed by atoms with van der Waals surface area (Å²) in [6.07, 6.45) is 0.884. The van der Waals surface area contributed by atoms with E-state index in [0.29, 0.717) is 6.54 Å². The predicted octanol–water partition coefficient (Wildman–Crippen LogP) is 1.45. The lowest BCUT2D eigenvalue weighted by atomic mass is 9.89. The molecule has 1 heterocycles. The van der Waals surface area contributed by atoms with Crippen LogP contribution < -0.4 is 11.1 Å². The van der Waals surface area contributed by atoms with Crippen molar-refractivity contribution in [1.82, 2.24) is 10.2 Å². The summed E-state index contributed by atoms with van der Waals surface area (Å²) < 4.78 is 0. The number of nitrogens with zero attached hydrogens (tertiary/aromatic N) is 1. The van der Waals surface area contributed by atoms with Crippen molar-refractivity contribution in [1.29, 1.82) is 0 Å². The van der Waals surface area contributed by atoms with E-state index in [9.17, 15) is 4.79 Å². The van der Waals surface area contributed by atoms with Gasteiger partial charge in [-0.1, -0.05) is 29.8 Å². The van der Waals surface area contributed by atoms with Gasteiger partial charge in [0.25, 0.3) is 0 Å². The van der Waals surface area contributed by atoms with Gasteiger partial charge in [0.2, 0.25) is 5.91 Å². The molecule has 1 aromatic carbocycles. The molecule has 2 rings (SSSR count). The van der Waals surface area contributed by atoms with E-state index in [4.69, 9.17) is 5.73 Å². The molecule has 2 unspecified atom stereocenters. The van der Waals surface area contributed by atoms with Crippen molar-refractivity contribution >= 4 is 5.91 Å². The van der Waals surface area contributed by atoms with E-state index in [1.54, 1.807) is 7.05 Å². The van der Waals surface area contributed by atoms with Crippen molar-refractivity contribution < 1.29 is 4.79 Å². The van der Waals surface area contributed by atoms with Crippen molar-refractivity contribution in [3.8, 4) is 0 Å². The fraction of sp³-hybridized carbons (Fsp3) is 0.562. The number of rotatable bonds is 4. The van der Waals surface area contributed by atoms with E-state index in [-0.39, 0.29) is 17.4 Å². The van der Waals surface area contributed by atoms with Gasteiger partial charge in [-0.05, 0) is 32.4 Å². The molecule has 1 aromatic rings. The average Bonchev–Trinajstić information content (AvgIpc) is 2.84. The number of hydrogen-bond donors (Lipinski definition) is 2. The van der Waals surface area contributed by atoms with Crippen molar-refractivity contribution in [2.24, 2.45) is 11.1 Å². The average molecular weight is 275 g/mol. The molecule has 1 aliphatic heterocycles. The lowest BCUT2D eigenvalue weighted by molar-refractivity contribution is -0.129. The zero-order valence-electron chi connectivity index (χ0n) is 12.6. The molecule has 0 aromatic heterocycles. The molecule has 110 valence electrons. The summed E-state index contributed by atoms with van der Waals surface area (Å²) in [5, 5.41) is 2.78. The molecule has 1 saturated heterocycles. The first-order chi connectivity index (χ1) is 9.50. The molecule has 1 fully saturated rings. The van der Waals surface area contributed by atoms with Gasteiger partial charge in [-0.15, -0.1) is 0 Å². The minimum absolute atomic E-state index is 0.125. The molecule has 1 aliphatic rings. The van der Waals surface area contributed by atoms with E-state index in [1.807, 2.05) is 6.92 Å². The van der Waals surface area contributed by atoms with Crippen LogP contribution in [-0.2, 0) is 4.79 Å². The zero-order chi connectivity index (χ0) is 14.8. The number of benzene rings is 1. The van der Waals surface area contributed by atoms with Crippen LogP contribution in [0.2, 0.25) is 0 Å².